The van der Waals surface area contributed by atoms with Gasteiger partial charge >= 0.3 is 0 Å². The van der Waals surface area contributed by atoms with Gasteiger partial charge in [0.25, 0.3) is 0 Å². The number of nitrogens with zero attached hydrogens (tertiary/aromatic N) is 3. The summed E-state index contributed by atoms with van der Waals surface area (Å²) in [5, 5.41) is 3.40. The molecule has 0 radical (unpaired) electrons. The first kappa shape index (κ1) is 27.5. The molecule has 0 fully saturated rings. The van der Waals surface area contributed by atoms with Gasteiger partial charge < -0.3 is 9.80 Å². The van der Waals surface area contributed by atoms with Gasteiger partial charge in [0.1, 0.15) is 6.54 Å². The first-order valence-electron chi connectivity index (χ1n) is 14.0. The van der Waals surface area contributed by atoms with Crippen molar-refractivity contribution < 1.29 is 8.96 Å². The minimum Gasteiger partial charge on any atom is -0.372 e. The zero-order valence-corrected chi connectivity index (χ0v) is 23.3. The van der Waals surface area contributed by atoms with Crippen molar-refractivity contribution in [3.8, 4) is 0 Å². The van der Waals surface area contributed by atoms with Gasteiger partial charge in [-0.1, -0.05) is 68.5 Å². The van der Waals surface area contributed by atoms with Gasteiger partial charge in [-0.3, -0.25) is 0 Å². The minimum absolute atomic E-state index is 0.189. The van der Waals surface area contributed by atoms with Crippen molar-refractivity contribution in [1.82, 2.24) is 4.90 Å². The van der Waals surface area contributed by atoms with Crippen LogP contribution in [0.25, 0.3) is 33.8 Å². The minimum atomic E-state index is -0.189. The Labute approximate surface area is 227 Å². The summed E-state index contributed by atoms with van der Waals surface area (Å²) in [4.78, 5) is 4.76. The maximum absolute atomic E-state index is 15.3. The summed E-state index contributed by atoms with van der Waals surface area (Å²) in [6.45, 7) is 14.7. The van der Waals surface area contributed by atoms with E-state index < -0.39 is 0 Å². The van der Waals surface area contributed by atoms with Crippen molar-refractivity contribution in [2.24, 2.45) is 0 Å². The topological polar surface area (TPSA) is 10.4 Å². The molecule has 0 aliphatic rings. The summed E-state index contributed by atoms with van der Waals surface area (Å²) >= 11 is 0. The van der Waals surface area contributed by atoms with Crippen molar-refractivity contribution in [3.05, 3.63) is 96.0 Å². The van der Waals surface area contributed by atoms with Gasteiger partial charge in [-0.2, -0.15) is 8.96 Å². The molecule has 0 amide bonds. The van der Waals surface area contributed by atoms with Gasteiger partial charge in [0, 0.05) is 43.4 Å². The molecule has 1 aromatic heterocycles. The van der Waals surface area contributed by atoms with Crippen molar-refractivity contribution in [2.45, 2.75) is 40.7 Å². The third-order valence-electron chi connectivity index (χ3n) is 7.44. The number of hydrogen-bond donors (Lipinski definition) is 0. The molecule has 0 saturated carbocycles. The van der Waals surface area contributed by atoms with Crippen LogP contribution in [-0.4, -0.2) is 37.6 Å². The van der Waals surface area contributed by atoms with Crippen LogP contribution in [0.2, 0.25) is 0 Å². The Morgan fingerprint density at radius 1 is 0.789 bits per heavy atom. The average molecular weight is 511 g/mol. The molecule has 38 heavy (non-hydrogen) atoms. The maximum atomic E-state index is 15.3. The van der Waals surface area contributed by atoms with Crippen molar-refractivity contribution in [2.75, 3.05) is 37.6 Å². The predicted molar refractivity (Wildman–Crippen MR) is 162 cm³/mol. The standard InChI is InChI=1S/C34H41FN3/c1-5-36(6-2)22-13-23-38-26-33(35)31(32-16-11-12-17-34(32)38)15-10-9-14-27-18-19-29-25-30(37(7-3)8-4)21-20-28(29)24-27/h9-12,14-21,24-26H,5-8,13,22-23H2,1-4H3/q+1. The summed E-state index contributed by atoms with van der Waals surface area (Å²) in [5.74, 6) is -0.189. The lowest BCUT2D eigenvalue weighted by atomic mass is 10.0. The Balaban J connectivity index is 1.51. The van der Waals surface area contributed by atoms with Gasteiger partial charge in [-0.15, -0.1) is 0 Å². The van der Waals surface area contributed by atoms with E-state index in [4.69, 9.17) is 0 Å². The van der Waals surface area contributed by atoms with E-state index in [0.29, 0.717) is 5.56 Å². The van der Waals surface area contributed by atoms with Crippen LogP contribution in [0.4, 0.5) is 10.1 Å². The van der Waals surface area contributed by atoms with Crippen LogP contribution >= 0.6 is 0 Å². The number of fused-ring (bicyclic) bond motifs is 2. The van der Waals surface area contributed by atoms with Crippen molar-refractivity contribution in [3.63, 3.8) is 0 Å². The highest BCUT2D eigenvalue weighted by Gasteiger charge is 2.16. The number of anilines is 1. The van der Waals surface area contributed by atoms with E-state index >= 15 is 4.39 Å². The fraction of sp³-hybridized carbons (Fsp3) is 0.324. The molecule has 4 rings (SSSR count). The van der Waals surface area contributed by atoms with Crippen LogP contribution in [0.15, 0.2) is 79.0 Å². The molecule has 4 aromatic rings. The van der Waals surface area contributed by atoms with Crippen LogP contribution in [-0.2, 0) is 6.54 Å². The van der Waals surface area contributed by atoms with E-state index in [9.17, 15) is 0 Å². The summed E-state index contributed by atoms with van der Waals surface area (Å²) in [7, 11) is 0. The van der Waals surface area contributed by atoms with Crippen LogP contribution < -0.4 is 9.47 Å². The summed E-state index contributed by atoms with van der Waals surface area (Å²) in [6.07, 6.45) is 10.5. The Kier molecular flexibility index (Phi) is 9.67. The number of halogens is 1. The Bertz CT molecular complexity index is 1410. The molecule has 0 bridgehead atoms. The van der Waals surface area contributed by atoms with Gasteiger partial charge in [-0.25, -0.2) is 0 Å². The second-order valence-electron chi connectivity index (χ2n) is 9.66. The molecule has 0 atom stereocenters. The lowest BCUT2D eigenvalue weighted by molar-refractivity contribution is -0.673. The summed E-state index contributed by atoms with van der Waals surface area (Å²) in [6, 6.07) is 21.3. The number of aromatic nitrogens is 1. The summed E-state index contributed by atoms with van der Waals surface area (Å²) in [5.41, 5.74) is 4.08. The Morgan fingerprint density at radius 2 is 1.50 bits per heavy atom. The number of pyridine rings is 1. The van der Waals surface area contributed by atoms with Crippen molar-refractivity contribution >= 4 is 39.5 Å². The van der Waals surface area contributed by atoms with Crippen LogP contribution in [0.1, 0.15) is 45.2 Å². The first-order valence-corrected chi connectivity index (χ1v) is 14.0. The lowest BCUT2D eigenvalue weighted by Gasteiger charge is -2.21. The number of hydrogen-bond acceptors (Lipinski definition) is 2. The molecule has 0 unspecified atom stereocenters. The number of aryl methyl sites for hydroxylation is 1. The molecule has 3 nitrogen and oxygen atoms in total. The first-order chi connectivity index (χ1) is 18.6. The molecule has 0 N–H and O–H groups in total. The molecular weight excluding hydrogens is 469 g/mol. The second kappa shape index (κ2) is 13.3. The second-order valence-corrected chi connectivity index (χ2v) is 9.66. The maximum Gasteiger partial charge on any atom is 0.213 e. The zero-order valence-electron chi connectivity index (χ0n) is 23.3. The van der Waals surface area contributed by atoms with Crippen LogP contribution in [0, 0.1) is 5.82 Å². The molecule has 4 heteroatoms. The number of rotatable bonds is 12. The number of allylic oxidation sites excluding steroid dienone is 2. The largest absolute Gasteiger partial charge is 0.372 e. The third kappa shape index (κ3) is 6.49. The molecule has 3 aromatic carbocycles. The fourth-order valence-electron chi connectivity index (χ4n) is 5.17. The quantitative estimate of drug-likeness (QED) is 0.143. The van der Waals surface area contributed by atoms with E-state index in [1.165, 1.54) is 16.5 Å². The molecule has 0 aliphatic heterocycles. The highest BCUT2D eigenvalue weighted by Crippen LogP contribution is 2.24. The number of benzene rings is 3. The van der Waals surface area contributed by atoms with Crippen molar-refractivity contribution in [1.29, 1.82) is 0 Å². The SMILES string of the molecule is CCN(CC)CCC[n+]1cc(F)c(/C=C/C=C/c2ccc3cc(N(CC)CC)ccc3c2)c2ccccc21. The highest BCUT2D eigenvalue weighted by molar-refractivity contribution is 5.88. The van der Waals surface area contributed by atoms with E-state index in [2.05, 4.69) is 90.6 Å². The van der Waals surface area contributed by atoms with Crippen LogP contribution in [0.5, 0.6) is 0 Å². The van der Waals surface area contributed by atoms with Gasteiger partial charge in [0.05, 0.1) is 5.39 Å². The van der Waals surface area contributed by atoms with E-state index in [0.717, 1.165) is 62.2 Å². The summed E-state index contributed by atoms with van der Waals surface area (Å²) < 4.78 is 17.3. The van der Waals surface area contributed by atoms with Gasteiger partial charge in [-0.05, 0) is 67.5 Å². The normalized spacial score (nSPS) is 12.1. The third-order valence-corrected chi connectivity index (χ3v) is 7.44. The molecule has 0 saturated heterocycles. The predicted octanol–water partition coefficient (Wildman–Crippen LogP) is 7.72. The van der Waals surface area contributed by atoms with Crippen LogP contribution in [0.3, 0.4) is 0 Å². The smallest absolute Gasteiger partial charge is 0.213 e. The molecule has 1 heterocycles. The molecular formula is C34H41FN3+. The Morgan fingerprint density at radius 3 is 2.26 bits per heavy atom. The molecule has 0 spiro atoms. The monoisotopic (exact) mass is 510 g/mol. The highest BCUT2D eigenvalue weighted by atomic mass is 19.1. The van der Waals surface area contributed by atoms with Gasteiger partial charge in [0.2, 0.25) is 11.7 Å². The van der Waals surface area contributed by atoms with E-state index in [1.807, 2.05) is 36.4 Å². The lowest BCUT2D eigenvalue weighted by Crippen LogP contribution is -2.37. The van der Waals surface area contributed by atoms with E-state index in [-0.39, 0.29) is 5.82 Å². The fourth-order valence-corrected chi connectivity index (χ4v) is 5.17. The van der Waals surface area contributed by atoms with Gasteiger partial charge in [0.15, 0.2) is 5.82 Å². The molecule has 198 valence electrons. The number of para-hydroxylation sites is 1. The Hall–Kier alpha value is -3.50. The zero-order chi connectivity index (χ0) is 26.9. The molecule has 0 aliphatic carbocycles. The average Bonchev–Trinajstić information content (AvgIpc) is 2.95. The van der Waals surface area contributed by atoms with E-state index in [1.54, 1.807) is 6.20 Å².